The normalized spacial score (nSPS) is 21.5. The lowest BCUT2D eigenvalue weighted by Crippen LogP contribution is -2.26. The van der Waals surface area contributed by atoms with Gasteiger partial charge in [0.2, 0.25) is 0 Å². The lowest BCUT2D eigenvalue weighted by atomic mass is 9.72. The predicted octanol–water partition coefficient (Wildman–Crippen LogP) is 2.32. The average Bonchev–Trinajstić information content (AvgIpc) is 2.57. The molecule has 15 heavy (non-hydrogen) atoms. The van der Waals surface area contributed by atoms with Gasteiger partial charge in [-0.3, -0.25) is 0 Å². The molecule has 0 radical (unpaired) electrons. The first-order valence-electron chi connectivity index (χ1n) is 5.59. The van der Waals surface area contributed by atoms with E-state index in [-0.39, 0.29) is 6.61 Å². The molecule has 2 rings (SSSR count). The van der Waals surface area contributed by atoms with E-state index < -0.39 is 0 Å². The van der Waals surface area contributed by atoms with Crippen LogP contribution in [0.5, 0.6) is 0 Å². The highest BCUT2D eigenvalue weighted by Gasteiger charge is 2.32. The van der Waals surface area contributed by atoms with E-state index >= 15 is 0 Å². The van der Waals surface area contributed by atoms with Crippen molar-refractivity contribution in [2.75, 3.05) is 0 Å². The Morgan fingerprint density at radius 3 is 2.80 bits per heavy atom. The summed E-state index contributed by atoms with van der Waals surface area (Å²) in [4.78, 5) is 0. The van der Waals surface area contributed by atoms with Crippen LogP contribution in [0.3, 0.4) is 0 Å². The standard InChI is InChI=1S/C12H19NO2/c1-12(2,3)8-4-5-11-9(6-8)10(7-14)13-15-11/h8,14H,4-7H2,1-3H3. The van der Waals surface area contributed by atoms with Gasteiger partial charge in [-0.15, -0.1) is 0 Å². The van der Waals surface area contributed by atoms with E-state index in [0.29, 0.717) is 11.3 Å². The Labute approximate surface area is 90.5 Å². The summed E-state index contributed by atoms with van der Waals surface area (Å²) in [5.41, 5.74) is 2.21. The number of aryl methyl sites for hydroxylation is 1. The van der Waals surface area contributed by atoms with E-state index in [1.165, 1.54) is 0 Å². The quantitative estimate of drug-likeness (QED) is 0.772. The van der Waals surface area contributed by atoms with Gasteiger partial charge in [0.15, 0.2) is 0 Å². The number of rotatable bonds is 1. The summed E-state index contributed by atoms with van der Waals surface area (Å²) in [5, 5.41) is 13.1. The number of hydrogen-bond donors (Lipinski definition) is 1. The van der Waals surface area contributed by atoms with Crippen molar-refractivity contribution >= 4 is 0 Å². The Balaban J connectivity index is 2.25. The largest absolute Gasteiger partial charge is 0.390 e. The Morgan fingerprint density at radius 1 is 1.47 bits per heavy atom. The number of aliphatic hydroxyl groups excluding tert-OH is 1. The summed E-state index contributed by atoms with van der Waals surface area (Å²) in [6.07, 6.45) is 3.12. The molecule has 1 aliphatic rings. The van der Waals surface area contributed by atoms with Crippen molar-refractivity contribution in [3.8, 4) is 0 Å². The Kier molecular flexibility index (Phi) is 2.59. The van der Waals surface area contributed by atoms with Crippen LogP contribution in [-0.4, -0.2) is 10.3 Å². The van der Waals surface area contributed by atoms with Gasteiger partial charge in [0.05, 0.1) is 6.61 Å². The van der Waals surface area contributed by atoms with Gasteiger partial charge in [0.25, 0.3) is 0 Å². The highest BCUT2D eigenvalue weighted by molar-refractivity contribution is 5.26. The lowest BCUT2D eigenvalue weighted by molar-refractivity contribution is 0.206. The zero-order valence-corrected chi connectivity index (χ0v) is 9.71. The molecular weight excluding hydrogens is 190 g/mol. The number of nitrogens with zero attached hydrogens (tertiary/aromatic N) is 1. The summed E-state index contributed by atoms with van der Waals surface area (Å²) in [7, 11) is 0. The Bertz CT molecular complexity index is 335. The SMILES string of the molecule is CC(C)(C)C1CCc2onc(CO)c2C1. The second kappa shape index (κ2) is 3.63. The molecule has 1 atom stereocenters. The van der Waals surface area contributed by atoms with Gasteiger partial charge in [0, 0.05) is 12.0 Å². The second-order valence-electron chi connectivity index (χ2n) is 5.49. The fraction of sp³-hybridized carbons (Fsp3) is 0.750. The molecular formula is C12H19NO2. The molecule has 1 aliphatic carbocycles. The maximum absolute atomic E-state index is 9.15. The van der Waals surface area contributed by atoms with E-state index in [1.807, 2.05) is 0 Å². The van der Waals surface area contributed by atoms with Gasteiger partial charge in [-0.05, 0) is 24.2 Å². The summed E-state index contributed by atoms with van der Waals surface area (Å²) < 4.78 is 5.23. The highest BCUT2D eigenvalue weighted by atomic mass is 16.5. The minimum absolute atomic E-state index is 0.00427. The van der Waals surface area contributed by atoms with Gasteiger partial charge in [0.1, 0.15) is 11.5 Å². The molecule has 0 saturated heterocycles. The minimum atomic E-state index is -0.00427. The van der Waals surface area contributed by atoms with Crippen molar-refractivity contribution in [1.82, 2.24) is 5.16 Å². The molecule has 1 aromatic heterocycles. The lowest BCUT2D eigenvalue weighted by Gasteiger charge is -2.33. The van der Waals surface area contributed by atoms with Crippen molar-refractivity contribution < 1.29 is 9.63 Å². The summed E-state index contributed by atoms with van der Waals surface area (Å²) >= 11 is 0. The van der Waals surface area contributed by atoms with Crippen molar-refractivity contribution in [1.29, 1.82) is 0 Å². The maximum Gasteiger partial charge on any atom is 0.140 e. The zero-order chi connectivity index (χ0) is 11.1. The van der Waals surface area contributed by atoms with Gasteiger partial charge >= 0.3 is 0 Å². The van der Waals surface area contributed by atoms with Gasteiger partial charge in [-0.2, -0.15) is 0 Å². The topological polar surface area (TPSA) is 46.3 Å². The summed E-state index contributed by atoms with van der Waals surface area (Å²) in [5.74, 6) is 1.65. The zero-order valence-electron chi connectivity index (χ0n) is 9.71. The van der Waals surface area contributed by atoms with E-state index in [2.05, 4.69) is 25.9 Å². The number of aromatic nitrogens is 1. The van der Waals surface area contributed by atoms with E-state index in [0.717, 1.165) is 36.3 Å². The summed E-state index contributed by atoms with van der Waals surface area (Å²) in [6.45, 7) is 6.81. The van der Waals surface area contributed by atoms with Crippen molar-refractivity contribution in [2.24, 2.45) is 11.3 Å². The third-order valence-electron chi connectivity index (χ3n) is 3.50. The molecule has 0 spiro atoms. The van der Waals surface area contributed by atoms with Crippen molar-refractivity contribution in [3.05, 3.63) is 17.0 Å². The van der Waals surface area contributed by atoms with Crippen LogP contribution in [-0.2, 0) is 19.4 Å². The molecule has 0 aromatic carbocycles. The van der Waals surface area contributed by atoms with Crippen LogP contribution < -0.4 is 0 Å². The van der Waals surface area contributed by atoms with Crippen LogP contribution in [0.1, 0.15) is 44.2 Å². The van der Waals surface area contributed by atoms with Crippen molar-refractivity contribution in [3.63, 3.8) is 0 Å². The monoisotopic (exact) mass is 209 g/mol. The van der Waals surface area contributed by atoms with Crippen LogP contribution in [0, 0.1) is 11.3 Å². The molecule has 0 saturated carbocycles. The molecule has 1 aromatic rings. The maximum atomic E-state index is 9.15. The van der Waals surface area contributed by atoms with E-state index in [4.69, 9.17) is 9.63 Å². The fourth-order valence-corrected chi connectivity index (χ4v) is 2.33. The number of aliphatic hydroxyl groups is 1. The molecule has 3 nitrogen and oxygen atoms in total. The first-order chi connectivity index (χ1) is 7.02. The van der Waals surface area contributed by atoms with Crippen LogP contribution in [0.2, 0.25) is 0 Å². The van der Waals surface area contributed by atoms with Gasteiger partial charge < -0.3 is 9.63 Å². The van der Waals surface area contributed by atoms with Crippen LogP contribution >= 0.6 is 0 Å². The fourth-order valence-electron chi connectivity index (χ4n) is 2.33. The van der Waals surface area contributed by atoms with Gasteiger partial charge in [-0.25, -0.2) is 0 Å². The van der Waals surface area contributed by atoms with E-state index in [1.54, 1.807) is 0 Å². The minimum Gasteiger partial charge on any atom is -0.390 e. The van der Waals surface area contributed by atoms with Gasteiger partial charge in [-0.1, -0.05) is 25.9 Å². The molecule has 3 heteroatoms. The predicted molar refractivity (Wildman–Crippen MR) is 57.4 cm³/mol. The Morgan fingerprint density at radius 2 is 2.20 bits per heavy atom. The number of fused-ring (bicyclic) bond motifs is 1. The first kappa shape index (κ1) is 10.7. The van der Waals surface area contributed by atoms with E-state index in [9.17, 15) is 0 Å². The molecule has 0 aliphatic heterocycles. The molecule has 1 heterocycles. The molecule has 0 bridgehead atoms. The molecule has 1 N–H and O–H groups in total. The highest BCUT2D eigenvalue weighted by Crippen LogP contribution is 2.38. The second-order valence-corrected chi connectivity index (χ2v) is 5.49. The third kappa shape index (κ3) is 1.93. The van der Waals surface area contributed by atoms with Crippen LogP contribution in [0.15, 0.2) is 4.52 Å². The van der Waals surface area contributed by atoms with Crippen LogP contribution in [0.4, 0.5) is 0 Å². The molecule has 1 unspecified atom stereocenters. The Hall–Kier alpha value is -0.830. The summed E-state index contributed by atoms with van der Waals surface area (Å²) in [6, 6.07) is 0. The molecule has 84 valence electrons. The smallest absolute Gasteiger partial charge is 0.140 e. The van der Waals surface area contributed by atoms with Crippen LogP contribution in [0.25, 0.3) is 0 Å². The van der Waals surface area contributed by atoms with Crippen molar-refractivity contribution in [2.45, 2.75) is 46.6 Å². The number of hydrogen-bond acceptors (Lipinski definition) is 3. The molecule has 0 amide bonds. The molecule has 0 fully saturated rings. The third-order valence-corrected chi connectivity index (χ3v) is 3.50. The average molecular weight is 209 g/mol. The first-order valence-corrected chi connectivity index (χ1v) is 5.59.